The first-order chi connectivity index (χ1) is 14.0. The van der Waals surface area contributed by atoms with Crippen LogP contribution < -0.4 is 10.6 Å². The van der Waals surface area contributed by atoms with E-state index < -0.39 is 0 Å². The first-order valence-electron chi connectivity index (χ1n) is 9.70. The molecule has 0 fully saturated rings. The number of carbonyl (C=O) groups excluding carboxylic acids is 2. The molecule has 1 unspecified atom stereocenters. The molecule has 3 rings (SSSR count). The molecule has 1 atom stereocenters. The average molecular weight is 390 g/mol. The Balaban J connectivity index is 1.51. The minimum atomic E-state index is -0.332. The molecule has 0 radical (unpaired) electrons. The SMILES string of the molecule is CC(=O)NC(CC(=O)NCCc1ccc(-n2cccn2)cc1)c1ccc(C)cc1. The largest absolute Gasteiger partial charge is 0.356 e. The zero-order valence-electron chi connectivity index (χ0n) is 16.8. The molecule has 2 aromatic carbocycles. The van der Waals surface area contributed by atoms with Crippen LogP contribution in [0.5, 0.6) is 0 Å². The standard InChI is InChI=1S/C23H26N4O2/c1-17-4-8-20(9-5-17)22(26-18(2)28)16-23(29)24-14-12-19-6-10-21(11-7-19)27-15-3-13-25-27/h3-11,13,15,22H,12,14,16H2,1-2H3,(H,24,29)(H,26,28). The van der Waals surface area contributed by atoms with Crippen molar-refractivity contribution in [3.63, 3.8) is 0 Å². The Kier molecular flexibility index (Phi) is 6.79. The number of hydrogen-bond donors (Lipinski definition) is 2. The van der Waals surface area contributed by atoms with Gasteiger partial charge in [0.15, 0.2) is 0 Å². The van der Waals surface area contributed by atoms with Crippen LogP contribution in [0.3, 0.4) is 0 Å². The Morgan fingerprint density at radius 1 is 1.07 bits per heavy atom. The number of aromatic nitrogens is 2. The molecule has 6 nitrogen and oxygen atoms in total. The Bertz CT molecular complexity index is 932. The van der Waals surface area contributed by atoms with Crippen molar-refractivity contribution in [2.75, 3.05) is 6.54 Å². The molecule has 1 aromatic heterocycles. The van der Waals surface area contributed by atoms with Gasteiger partial charge in [0.05, 0.1) is 18.2 Å². The van der Waals surface area contributed by atoms with Gasteiger partial charge in [0.2, 0.25) is 11.8 Å². The van der Waals surface area contributed by atoms with Crippen LogP contribution in [0.4, 0.5) is 0 Å². The Morgan fingerprint density at radius 3 is 2.41 bits per heavy atom. The van der Waals surface area contributed by atoms with E-state index in [0.29, 0.717) is 6.54 Å². The predicted octanol–water partition coefficient (Wildman–Crippen LogP) is 3.11. The molecule has 2 amide bonds. The van der Waals surface area contributed by atoms with Crippen LogP contribution in [0.2, 0.25) is 0 Å². The van der Waals surface area contributed by atoms with Crippen LogP contribution in [-0.2, 0) is 16.0 Å². The van der Waals surface area contributed by atoms with Crippen molar-refractivity contribution < 1.29 is 9.59 Å². The zero-order chi connectivity index (χ0) is 20.6. The van der Waals surface area contributed by atoms with Crippen molar-refractivity contribution in [3.8, 4) is 5.69 Å². The molecule has 150 valence electrons. The summed E-state index contributed by atoms with van der Waals surface area (Å²) in [5.74, 6) is -0.238. The van der Waals surface area contributed by atoms with E-state index in [1.165, 1.54) is 6.92 Å². The predicted molar refractivity (Wildman–Crippen MR) is 113 cm³/mol. The average Bonchev–Trinajstić information content (AvgIpc) is 3.23. The number of nitrogens with zero attached hydrogens (tertiary/aromatic N) is 2. The van der Waals surface area contributed by atoms with Crippen molar-refractivity contribution in [2.24, 2.45) is 0 Å². The number of amides is 2. The van der Waals surface area contributed by atoms with E-state index in [2.05, 4.69) is 15.7 Å². The summed E-state index contributed by atoms with van der Waals surface area (Å²) >= 11 is 0. The molecule has 6 heteroatoms. The van der Waals surface area contributed by atoms with Gasteiger partial charge in [-0.3, -0.25) is 9.59 Å². The van der Waals surface area contributed by atoms with E-state index in [4.69, 9.17) is 0 Å². The highest BCUT2D eigenvalue weighted by molar-refractivity contribution is 5.79. The van der Waals surface area contributed by atoms with Crippen LogP contribution in [0.15, 0.2) is 67.0 Å². The summed E-state index contributed by atoms with van der Waals surface area (Å²) < 4.78 is 1.80. The summed E-state index contributed by atoms with van der Waals surface area (Å²) in [6.45, 7) is 4.01. The lowest BCUT2D eigenvalue weighted by Gasteiger charge is -2.18. The second-order valence-corrected chi connectivity index (χ2v) is 7.08. The molecule has 0 saturated heterocycles. The normalized spacial score (nSPS) is 11.7. The van der Waals surface area contributed by atoms with E-state index >= 15 is 0 Å². The molecule has 2 N–H and O–H groups in total. The molecule has 0 bridgehead atoms. The summed E-state index contributed by atoms with van der Waals surface area (Å²) in [7, 11) is 0. The third-order valence-electron chi connectivity index (χ3n) is 4.69. The lowest BCUT2D eigenvalue weighted by Crippen LogP contribution is -2.33. The number of aryl methyl sites for hydroxylation is 1. The van der Waals surface area contributed by atoms with Crippen LogP contribution in [-0.4, -0.2) is 28.1 Å². The Hall–Kier alpha value is -3.41. The monoisotopic (exact) mass is 390 g/mol. The van der Waals surface area contributed by atoms with Crippen LogP contribution >= 0.6 is 0 Å². The van der Waals surface area contributed by atoms with Crippen LogP contribution in [0.1, 0.15) is 36.1 Å². The molecular formula is C23H26N4O2. The van der Waals surface area contributed by atoms with Crippen LogP contribution in [0, 0.1) is 6.92 Å². The minimum absolute atomic E-state index is 0.0857. The highest BCUT2D eigenvalue weighted by Gasteiger charge is 2.16. The van der Waals surface area contributed by atoms with Gasteiger partial charge in [-0.15, -0.1) is 0 Å². The van der Waals surface area contributed by atoms with Crippen molar-refractivity contribution >= 4 is 11.8 Å². The van der Waals surface area contributed by atoms with Gasteiger partial charge in [0, 0.05) is 25.9 Å². The molecule has 0 aliphatic rings. The topological polar surface area (TPSA) is 76.0 Å². The van der Waals surface area contributed by atoms with Gasteiger partial charge in [-0.2, -0.15) is 5.10 Å². The molecule has 0 aliphatic heterocycles. The lowest BCUT2D eigenvalue weighted by atomic mass is 10.0. The van der Waals surface area contributed by atoms with Crippen molar-refractivity contribution in [2.45, 2.75) is 32.7 Å². The fourth-order valence-corrected chi connectivity index (χ4v) is 3.14. The van der Waals surface area contributed by atoms with Crippen molar-refractivity contribution in [1.29, 1.82) is 0 Å². The molecule has 29 heavy (non-hydrogen) atoms. The zero-order valence-corrected chi connectivity index (χ0v) is 16.8. The Labute approximate surface area is 170 Å². The lowest BCUT2D eigenvalue weighted by molar-refractivity contribution is -0.122. The van der Waals surface area contributed by atoms with E-state index in [1.54, 1.807) is 10.9 Å². The molecule has 0 saturated carbocycles. The maximum atomic E-state index is 12.4. The summed E-state index contributed by atoms with van der Waals surface area (Å²) in [5, 5.41) is 10.0. The van der Waals surface area contributed by atoms with Gasteiger partial charge >= 0.3 is 0 Å². The summed E-state index contributed by atoms with van der Waals surface area (Å²) in [4.78, 5) is 23.9. The second kappa shape index (κ2) is 9.68. The molecule has 1 heterocycles. The highest BCUT2D eigenvalue weighted by Crippen LogP contribution is 2.17. The smallest absolute Gasteiger partial charge is 0.222 e. The molecule has 0 spiro atoms. The second-order valence-electron chi connectivity index (χ2n) is 7.08. The maximum Gasteiger partial charge on any atom is 0.222 e. The third-order valence-corrected chi connectivity index (χ3v) is 4.69. The van der Waals surface area contributed by atoms with Crippen molar-refractivity contribution in [3.05, 3.63) is 83.7 Å². The minimum Gasteiger partial charge on any atom is -0.356 e. The Morgan fingerprint density at radius 2 is 1.79 bits per heavy atom. The molecule has 0 aliphatic carbocycles. The fourth-order valence-electron chi connectivity index (χ4n) is 3.14. The number of hydrogen-bond acceptors (Lipinski definition) is 3. The van der Waals surface area contributed by atoms with Gasteiger partial charge in [0.25, 0.3) is 0 Å². The van der Waals surface area contributed by atoms with Gasteiger partial charge in [-0.1, -0.05) is 42.0 Å². The van der Waals surface area contributed by atoms with E-state index in [9.17, 15) is 9.59 Å². The van der Waals surface area contributed by atoms with Gasteiger partial charge < -0.3 is 10.6 Å². The number of nitrogens with one attached hydrogen (secondary N) is 2. The number of benzene rings is 2. The summed E-state index contributed by atoms with van der Waals surface area (Å²) in [5.41, 5.74) is 4.20. The van der Waals surface area contributed by atoms with Gasteiger partial charge in [0.1, 0.15) is 0 Å². The van der Waals surface area contributed by atoms with Gasteiger partial charge in [-0.25, -0.2) is 4.68 Å². The quantitative estimate of drug-likeness (QED) is 0.621. The maximum absolute atomic E-state index is 12.4. The van der Waals surface area contributed by atoms with E-state index in [1.807, 2.05) is 67.7 Å². The molecular weight excluding hydrogens is 364 g/mol. The fraction of sp³-hybridized carbons (Fsp3) is 0.261. The molecule has 3 aromatic rings. The third kappa shape index (κ3) is 6.04. The number of carbonyl (C=O) groups is 2. The highest BCUT2D eigenvalue weighted by atomic mass is 16.2. The van der Waals surface area contributed by atoms with E-state index in [-0.39, 0.29) is 24.3 Å². The summed E-state index contributed by atoms with van der Waals surface area (Å²) in [6, 6.07) is 17.5. The van der Waals surface area contributed by atoms with Crippen LogP contribution in [0.25, 0.3) is 5.69 Å². The number of rotatable bonds is 8. The first kappa shape index (κ1) is 20.3. The van der Waals surface area contributed by atoms with E-state index in [0.717, 1.165) is 28.8 Å². The van der Waals surface area contributed by atoms with Crippen molar-refractivity contribution in [1.82, 2.24) is 20.4 Å². The van der Waals surface area contributed by atoms with Gasteiger partial charge in [-0.05, 0) is 42.7 Å². The first-order valence-corrected chi connectivity index (χ1v) is 9.70. The summed E-state index contributed by atoms with van der Waals surface area (Å²) in [6.07, 6.45) is 4.59.